The van der Waals surface area contributed by atoms with Gasteiger partial charge in [-0.2, -0.15) is 5.10 Å². The van der Waals surface area contributed by atoms with Crippen LogP contribution in [0.3, 0.4) is 0 Å². The third-order valence-corrected chi connectivity index (χ3v) is 5.25. The number of benzene rings is 1. The van der Waals surface area contributed by atoms with Crippen molar-refractivity contribution in [1.29, 1.82) is 0 Å². The zero-order valence-electron chi connectivity index (χ0n) is 16.3. The van der Waals surface area contributed by atoms with E-state index in [1.165, 1.54) is 6.07 Å². The summed E-state index contributed by atoms with van der Waals surface area (Å²) in [5, 5.41) is 4.27. The maximum Gasteiger partial charge on any atom is 0.250 e. The number of anilines is 1. The second-order valence-electron chi connectivity index (χ2n) is 7.09. The van der Waals surface area contributed by atoms with Crippen LogP contribution < -0.4 is 4.90 Å². The largest absolute Gasteiger partial charge is 0.369 e. The molecule has 0 bridgehead atoms. The molecule has 29 heavy (non-hydrogen) atoms. The van der Waals surface area contributed by atoms with E-state index in [2.05, 4.69) is 24.9 Å². The molecule has 4 rings (SSSR count). The van der Waals surface area contributed by atoms with Crippen LogP contribution in [-0.4, -0.2) is 63.2 Å². The van der Waals surface area contributed by atoms with E-state index < -0.39 is 0 Å². The van der Waals surface area contributed by atoms with Crippen molar-refractivity contribution in [3.63, 3.8) is 0 Å². The first-order chi connectivity index (χ1) is 14.1. The number of Topliss-reactive ketones (excluding diaryl/α,β-unsaturated/α-hetero) is 1. The molecule has 0 atom stereocenters. The minimum absolute atomic E-state index is 0.0669. The van der Waals surface area contributed by atoms with Crippen LogP contribution in [0, 0.1) is 12.7 Å². The smallest absolute Gasteiger partial charge is 0.250 e. The van der Waals surface area contributed by atoms with Crippen molar-refractivity contribution in [3.8, 4) is 5.95 Å². The maximum absolute atomic E-state index is 13.4. The Labute approximate surface area is 168 Å². The summed E-state index contributed by atoms with van der Waals surface area (Å²) >= 11 is 0. The minimum atomic E-state index is -0.215. The molecule has 1 aliphatic rings. The van der Waals surface area contributed by atoms with E-state index in [1.54, 1.807) is 41.5 Å². The maximum atomic E-state index is 13.4. The van der Waals surface area contributed by atoms with Crippen LogP contribution >= 0.6 is 0 Å². The van der Waals surface area contributed by atoms with Gasteiger partial charge in [-0.05, 0) is 31.2 Å². The van der Waals surface area contributed by atoms with Crippen LogP contribution in [0.5, 0.6) is 0 Å². The molecule has 0 amide bonds. The number of hydrogen-bond donors (Lipinski definition) is 0. The fourth-order valence-electron chi connectivity index (χ4n) is 3.58. The Morgan fingerprint density at radius 2 is 1.86 bits per heavy atom. The van der Waals surface area contributed by atoms with Gasteiger partial charge in [0.15, 0.2) is 5.78 Å². The summed E-state index contributed by atoms with van der Waals surface area (Å²) in [7, 11) is 0. The summed E-state index contributed by atoms with van der Waals surface area (Å²) in [6, 6.07) is 8.43. The van der Waals surface area contributed by atoms with Gasteiger partial charge >= 0.3 is 0 Å². The number of ketones is 1. The lowest BCUT2D eigenvalue weighted by Gasteiger charge is -2.36. The number of aromatic nitrogens is 4. The first-order valence-corrected chi connectivity index (χ1v) is 9.70. The fourth-order valence-corrected chi connectivity index (χ4v) is 3.58. The molecule has 2 aromatic heterocycles. The van der Waals surface area contributed by atoms with Gasteiger partial charge in [-0.3, -0.25) is 9.69 Å². The molecule has 7 nitrogen and oxygen atoms in total. The van der Waals surface area contributed by atoms with Gasteiger partial charge in [-0.1, -0.05) is 6.07 Å². The monoisotopic (exact) mass is 394 g/mol. The van der Waals surface area contributed by atoms with Crippen molar-refractivity contribution in [2.45, 2.75) is 13.3 Å². The normalized spacial score (nSPS) is 14.9. The Morgan fingerprint density at radius 1 is 1.10 bits per heavy atom. The third-order valence-electron chi connectivity index (χ3n) is 5.25. The number of carbonyl (C=O) groups excluding carboxylic acids is 1. The lowest BCUT2D eigenvalue weighted by molar-refractivity contribution is 0.0962. The molecule has 1 aliphatic heterocycles. The second-order valence-corrected chi connectivity index (χ2v) is 7.09. The molecule has 0 saturated carbocycles. The summed E-state index contributed by atoms with van der Waals surface area (Å²) in [4.78, 5) is 25.5. The van der Waals surface area contributed by atoms with Crippen molar-refractivity contribution in [1.82, 2.24) is 24.6 Å². The summed E-state index contributed by atoms with van der Waals surface area (Å²) in [5.74, 6) is 0.308. The van der Waals surface area contributed by atoms with Crippen molar-refractivity contribution < 1.29 is 9.18 Å². The van der Waals surface area contributed by atoms with E-state index in [0.717, 1.165) is 37.6 Å². The number of halogens is 1. The Morgan fingerprint density at radius 3 is 2.59 bits per heavy atom. The van der Waals surface area contributed by atoms with E-state index in [9.17, 15) is 9.18 Å². The molecule has 0 spiro atoms. The van der Waals surface area contributed by atoms with E-state index in [4.69, 9.17) is 0 Å². The lowest BCUT2D eigenvalue weighted by Crippen LogP contribution is -2.46. The van der Waals surface area contributed by atoms with E-state index in [1.807, 2.05) is 13.0 Å². The molecular weight excluding hydrogens is 371 g/mol. The standard InChI is InChI=1S/C21H23FN6O/c1-16-19(15-25-28(16)21-23-7-3-8-24-21)20(29)6-9-26-10-12-27(13-11-26)18-5-2-4-17(22)14-18/h2-5,7-8,14-15H,6,9-13H2,1H3. The highest BCUT2D eigenvalue weighted by Crippen LogP contribution is 2.18. The van der Waals surface area contributed by atoms with Crippen LogP contribution in [0.2, 0.25) is 0 Å². The summed E-state index contributed by atoms with van der Waals surface area (Å²) in [5.41, 5.74) is 2.26. The van der Waals surface area contributed by atoms with Gasteiger partial charge in [-0.15, -0.1) is 0 Å². The summed E-state index contributed by atoms with van der Waals surface area (Å²) in [6.45, 7) is 5.89. The van der Waals surface area contributed by atoms with Crippen molar-refractivity contribution >= 4 is 11.5 Å². The predicted molar refractivity (Wildman–Crippen MR) is 108 cm³/mol. The molecule has 1 fully saturated rings. The van der Waals surface area contributed by atoms with Crippen LogP contribution in [0.4, 0.5) is 10.1 Å². The van der Waals surface area contributed by atoms with E-state index in [-0.39, 0.29) is 11.6 Å². The lowest BCUT2D eigenvalue weighted by atomic mass is 10.1. The molecule has 3 heterocycles. The van der Waals surface area contributed by atoms with Gasteiger partial charge in [0.25, 0.3) is 5.95 Å². The highest BCUT2D eigenvalue weighted by Gasteiger charge is 2.20. The highest BCUT2D eigenvalue weighted by atomic mass is 19.1. The Bertz CT molecular complexity index is 982. The van der Waals surface area contributed by atoms with Crippen LogP contribution in [0.15, 0.2) is 48.9 Å². The van der Waals surface area contributed by atoms with Gasteiger partial charge in [0.05, 0.1) is 17.5 Å². The molecule has 150 valence electrons. The molecule has 3 aromatic rings. The van der Waals surface area contributed by atoms with Gasteiger partial charge in [0, 0.05) is 57.2 Å². The van der Waals surface area contributed by atoms with Gasteiger partial charge < -0.3 is 4.90 Å². The topological polar surface area (TPSA) is 67.2 Å². The Hall–Kier alpha value is -3.13. The number of rotatable bonds is 6. The predicted octanol–water partition coefficient (Wildman–Crippen LogP) is 2.50. The zero-order valence-corrected chi connectivity index (χ0v) is 16.3. The minimum Gasteiger partial charge on any atom is -0.369 e. The second kappa shape index (κ2) is 8.48. The average Bonchev–Trinajstić information content (AvgIpc) is 3.14. The number of piperazine rings is 1. The Balaban J connectivity index is 1.31. The number of carbonyl (C=O) groups is 1. The SMILES string of the molecule is Cc1c(C(=O)CCN2CCN(c3cccc(F)c3)CC2)cnn1-c1ncccn1. The van der Waals surface area contributed by atoms with E-state index in [0.29, 0.717) is 24.5 Å². The van der Waals surface area contributed by atoms with E-state index >= 15 is 0 Å². The quantitative estimate of drug-likeness (QED) is 0.599. The number of hydrogen-bond acceptors (Lipinski definition) is 6. The molecule has 0 unspecified atom stereocenters. The molecule has 8 heteroatoms. The van der Waals surface area contributed by atoms with Crippen molar-refractivity contribution in [2.75, 3.05) is 37.6 Å². The third kappa shape index (κ3) is 4.32. The molecule has 0 aliphatic carbocycles. The van der Waals surface area contributed by atoms with Crippen LogP contribution in [0.1, 0.15) is 22.5 Å². The first-order valence-electron chi connectivity index (χ1n) is 9.70. The van der Waals surface area contributed by atoms with Gasteiger partial charge in [0.1, 0.15) is 5.82 Å². The van der Waals surface area contributed by atoms with Crippen molar-refractivity contribution in [3.05, 3.63) is 66.0 Å². The molecule has 0 radical (unpaired) electrons. The fraction of sp³-hybridized carbons (Fsp3) is 0.333. The number of nitrogens with zero attached hydrogens (tertiary/aromatic N) is 6. The molecule has 1 saturated heterocycles. The average molecular weight is 394 g/mol. The van der Waals surface area contributed by atoms with Gasteiger partial charge in [0.2, 0.25) is 0 Å². The van der Waals surface area contributed by atoms with Crippen LogP contribution in [0.25, 0.3) is 5.95 Å². The van der Waals surface area contributed by atoms with Gasteiger partial charge in [-0.25, -0.2) is 19.0 Å². The molecule has 1 aromatic carbocycles. The van der Waals surface area contributed by atoms with Crippen LogP contribution in [-0.2, 0) is 0 Å². The molecular formula is C21H23FN6O. The summed E-state index contributed by atoms with van der Waals surface area (Å²) < 4.78 is 15.0. The van der Waals surface area contributed by atoms with Crippen molar-refractivity contribution in [2.24, 2.45) is 0 Å². The summed E-state index contributed by atoms with van der Waals surface area (Å²) in [6.07, 6.45) is 5.32. The highest BCUT2D eigenvalue weighted by molar-refractivity contribution is 5.97. The molecule has 0 N–H and O–H groups in total. The zero-order chi connectivity index (χ0) is 20.2. The first kappa shape index (κ1) is 19.2. The Kier molecular flexibility index (Phi) is 5.62.